The van der Waals surface area contributed by atoms with Crippen molar-refractivity contribution in [3.63, 3.8) is 0 Å². The predicted molar refractivity (Wildman–Crippen MR) is 76.7 cm³/mol. The lowest BCUT2D eigenvalue weighted by atomic mass is 9.85. The molecule has 5 heteroatoms. The SMILES string of the molecule is CCN1CCC2(CC1)OCCc1cc(CC(F)F)sc12. The van der Waals surface area contributed by atoms with Gasteiger partial charge in [0.2, 0.25) is 6.43 Å². The number of hydrogen-bond donors (Lipinski definition) is 0. The molecule has 1 aromatic rings. The summed E-state index contributed by atoms with van der Waals surface area (Å²) in [7, 11) is 0. The highest BCUT2D eigenvalue weighted by molar-refractivity contribution is 7.12. The highest BCUT2D eigenvalue weighted by Crippen LogP contribution is 2.45. The Morgan fingerprint density at radius 1 is 1.40 bits per heavy atom. The molecule has 0 amide bonds. The molecule has 1 saturated heterocycles. The number of ether oxygens (including phenoxy) is 1. The second-order valence-electron chi connectivity index (χ2n) is 5.69. The number of fused-ring (bicyclic) bond motifs is 2. The lowest BCUT2D eigenvalue weighted by molar-refractivity contribution is -0.0944. The number of alkyl halides is 2. The zero-order chi connectivity index (χ0) is 14.2. The van der Waals surface area contributed by atoms with Crippen molar-refractivity contribution in [2.45, 2.75) is 44.6 Å². The number of thiophene rings is 1. The van der Waals surface area contributed by atoms with Crippen LogP contribution in [0.2, 0.25) is 0 Å². The number of halogens is 2. The van der Waals surface area contributed by atoms with Crippen LogP contribution < -0.4 is 0 Å². The molecule has 2 nitrogen and oxygen atoms in total. The summed E-state index contributed by atoms with van der Waals surface area (Å²) in [4.78, 5) is 4.47. The number of nitrogens with zero attached hydrogens (tertiary/aromatic N) is 1. The van der Waals surface area contributed by atoms with Crippen molar-refractivity contribution in [1.29, 1.82) is 0 Å². The molecule has 0 unspecified atom stereocenters. The van der Waals surface area contributed by atoms with Gasteiger partial charge in [-0.15, -0.1) is 11.3 Å². The lowest BCUT2D eigenvalue weighted by Crippen LogP contribution is -2.45. The summed E-state index contributed by atoms with van der Waals surface area (Å²) in [6.45, 7) is 6.06. The van der Waals surface area contributed by atoms with Gasteiger partial charge in [0.15, 0.2) is 0 Å². The summed E-state index contributed by atoms with van der Waals surface area (Å²) >= 11 is 1.55. The second kappa shape index (κ2) is 5.70. The fourth-order valence-electron chi connectivity index (χ4n) is 3.33. The summed E-state index contributed by atoms with van der Waals surface area (Å²) in [5, 5.41) is 0. The first-order chi connectivity index (χ1) is 9.63. The maximum atomic E-state index is 12.6. The van der Waals surface area contributed by atoms with E-state index in [1.807, 2.05) is 6.07 Å². The number of rotatable bonds is 3. The minimum absolute atomic E-state index is 0.116. The van der Waals surface area contributed by atoms with Crippen molar-refractivity contribution < 1.29 is 13.5 Å². The molecule has 0 N–H and O–H groups in total. The van der Waals surface area contributed by atoms with Gasteiger partial charge in [0, 0.05) is 29.3 Å². The van der Waals surface area contributed by atoms with Crippen LogP contribution in [0.3, 0.4) is 0 Å². The predicted octanol–water partition coefficient (Wildman–Crippen LogP) is 3.44. The first-order valence-corrected chi connectivity index (χ1v) is 8.21. The standard InChI is InChI=1S/C15H21F2NOS/c1-2-18-6-4-15(5-7-18)14-11(3-8-19-15)9-12(20-14)10-13(16)17/h9,13H,2-8,10H2,1H3. The normalized spacial score (nSPS) is 22.4. The summed E-state index contributed by atoms with van der Waals surface area (Å²) in [6.07, 6.45) is 0.475. The van der Waals surface area contributed by atoms with Crippen molar-refractivity contribution in [2.75, 3.05) is 26.2 Å². The van der Waals surface area contributed by atoms with Crippen LogP contribution in [-0.2, 0) is 23.2 Å². The van der Waals surface area contributed by atoms with E-state index in [1.165, 1.54) is 10.4 Å². The van der Waals surface area contributed by atoms with Gasteiger partial charge in [0.05, 0.1) is 6.61 Å². The fourth-order valence-corrected chi connectivity index (χ4v) is 4.75. The maximum absolute atomic E-state index is 12.6. The largest absolute Gasteiger partial charge is 0.369 e. The minimum Gasteiger partial charge on any atom is -0.369 e. The van der Waals surface area contributed by atoms with Gasteiger partial charge < -0.3 is 9.64 Å². The molecule has 20 heavy (non-hydrogen) atoms. The van der Waals surface area contributed by atoms with Crippen LogP contribution in [0.5, 0.6) is 0 Å². The third-order valence-electron chi connectivity index (χ3n) is 4.49. The Morgan fingerprint density at radius 2 is 2.15 bits per heavy atom. The van der Waals surface area contributed by atoms with Crippen molar-refractivity contribution >= 4 is 11.3 Å². The van der Waals surface area contributed by atoms with E-state index >= 15 is 0 Å². The van der Waals surface area contributed by atoms with Gasteiger partial charge in [0.1, 0.15) is 5.60 Å². The number of piperidine rings is 1. The highest BCUT2D eigenvalue weighted by atomic mass is 32.1. The summed E-state index contributed by atoms with van der Waals surface area (Å²) in [6, 6.07) is 1.99. The molecule has 1 aromatic heterocycles. The molecule has 0 atom stereocenters. The van der Waals surface area contributed by atoms with Crippen molar-refractivity contribution in [3.8, 4) is 0 Å². The van der Waals surface area contributed by atoms with E-state index in [1.54, 1.807) is 11.3 Å². The van der Waals surface area contributed by atoms with Crippen LogP contribution in [-0.4, -0.2) is 37.6 Å². The smallest absolute Gasteiger partial charge is 0.243 e. The van der Waals surface area contributed by atoms with Crippen LogP contribution in [0.25, 0.3) is 0 Å². The Hall–Kier alpha value is -0.520. The molecule has 112 valence electrons. The molecule has 1 spiro atoms. The molecular formula is C15H21F2NOS. The van der Waals surface area contributed by atoms with E-state index in [9.17, 15) is 8.78 Å². The number of likely N-dealkylation sites (tertiary alicyclic amines) is 1. The topological polar surface area (TPSA) is 12.5 Å². The maximum Gasteiger partial charge on any atom is 0.243 e. The van der Waals surface area contributed by atoms with Gasteiger partial charge in [0.25, 0.3) is 0 Å². The van der Waals surface area contributed by atoms with E-state index < -0.39 is 6.43 Å². The Bertz CT molecular complexity index is 466. The highest BCUT2D eigenvalue weighted by Gasteiger charge is 2.42. The van der Waals surface area contributed by atoms with Gasteiger partial charge >= 0.3 is 0 Å². The van der Waals surface area contributed by atoms with Gasteiger partial charge in [-0.3, -0.25) is 0 Å². The lowest BCUT2D eigenvalue weighted by Gasteiger charge is -2.43. The van der Waals surface area contributed by atoms with Crippen molar-refractivity contribution in [3.05, 3.63) is 21.4 Å². The summed E-state index contributed by atoms with van der Waals surface area (Å²) < 4.78 is 31.3. The van der Waals surface area contributed by atoms with E-state index in [0.29, 0.717) is 0 Å². The molecule has 0 aromatic carbocycles. The Morgan fingerprint density at radius 3 is 2.80 bits per heavy atom. The molecule has 1 fully saturated rings. The third kappa shape index (κ3) is 2.63. The quantitative estimate of drug-likeness (QED) is 0.848. The molecule has 0 aliphatic carbocycles. The van der Waals surface area contributed by atoms with E-state index in [2.05, 4.69) is 11.8 Å². The first-order valence-electron chi connectivity index (χ1n) is 7.39. The Kier molecular flexibility index (Phi) is 4.11. The van der Waals surface area contributed by atoms with Crippen LogP contribution in [0.4, 0.5) is 8.78 Å². The first kappa shape index (κ1) is 14.4. The molecule has 3 heterocycles. The van der Waals surface area contributed by atoms with Crippen LogP contribution in [0, 0.1) is 0 Å². The average Bonchev–Trinajstić information content (AvgIpc) is 2.83. The van der Waals surface area contributed by atoms with E-state index in [0.717, 1.165) is 50.4 Å². The fraction of sp³-hybridized carbons (Fsp3) is 0.733. The van der Waals surface area contributed by atoms with Crippen LogP contribution in [0.15, 0.2) is 6.07 Å². The third-order valence-corrected chi connectivity index (χ3v) is 5.88. The van der Waals surface area contributed by atoms with Gasteiger partial charge in [-0.2, -0.15) is 0 Å². The molecular weight excluding hydrogens is 280 g/mol. The van der Waals surface area contributed by atoms with Crippen LogP contribution >= 0.6 is 11.3 Å². The average molecular weight is 301 g/mol. The molecule has 0 saturated carbocycles. The molecule has 2 aliphatic rings. The molecule has 2 aliphatic heterocycles. The molecule has 0 radical (unpaired) electrons. The van der Waals surface area contributed by atoms with Crippen molar-refractivity contribution in [1.82, 2.24) is 4.90 Å². The molecule has 0 bridgehead atoms. The van der Waals surface area contributed by atoms with Crippen molar-refractivity contribution in [2.24, 2.45) is 0 Å². The summed E-state index contributed by atoms with van der Waals surface area (Å²) in [5.41, 5.74) is 1.06. The van der Waals surface area contributed by atoms with E-state index in [4.69, 9.17) is 4.74 Å². The second-order valence-corrected chi connectivity index (χ2v) is 6.83. The zero-order valence-corrected chi connectivity index (χ0v) is 12.6. The van der Waals surface area contributed by atoms with Crippen LogP contribution in [0.1, 0.15) is 35.1 Å². The van der Waals surface area contributed by atoms with E-state index in [-0.39, 0.29) is 12.0 Å². The molecule has 3 rings (SSSR count). The van der Waals surface area contributed by atoms with Gasteiger partial charge in [-0.1, -0.05) is 6.92 Å². The Labute approximate surface area is 122 Å². The zero-order valence-electron chi connectivity index (χ0n) is 11.8. The minimum atomic E-state index is -2.26. The number of hydrogen-bond acceptors (Lipinski definition) is 3. The summed E-state index contributed by atoms with van der Waals surface area (Å²) in [5.74, 6) is 0. The van der Waals surface area contributed by atoms with Gasteiger partial charge in [-0.05, 0) is 37.4 Å². The Balaban J connectivity index is 1.84. The monoisotopic (exact) mass is 301 g/mol. The van der Waals surface area contributed by atoms with Gasteiger partial charge in [-0.25, -0.2) is 8.78 Å².